The number of nitrogens with two attached hydrogens (primary N) is 1. The van der Waals surface area contributed by atoms with E-state index < -0.39 is 11.0 Å². The first kappa shape index (κ1) is 35.6. The molecule has 0 saturated carbocycles. The zero-order valence-electron chi connectivity index (χ0n) is 26.5. The van der Waals surface area contributed by atoms with E-state index in [4.69, 9.17) is 15.2 Å². The van der Waals surface area contributed by atoms with Crippen LogP contribution in [0, 0.1) is 28.1 Å². The number of hydrogen-bond donors (Lipinski definition) is 1. The monoisotopic (exact) mass is 524 g/mol. The maximum absolute atomic E-state index is 12.9. The van der Waals surface area contributed by atoms with Crippen molar-refractivity contribution in [2.45, 2.75) is 120 Å². The number of rotatable bonds is 17. The lowest BCUT2D eigenvalue weighted by molar-refractivity contribution is -0.168. The van der Waals surface area contributed by atoms with Gasteiger partial charge in [0.1, 0.15) is 12.7 Å². The summed E-state index contributed by atoms with van der Waals surface area (Å²) in [5.74, 6) is 0.547. The predicted molar refractivity (Wildman–Crippen MR) is 155 cm³/mol. The Kier molecular flexibility index (Phi) is 14.1. The maximum Gasteiger partial charge on any atom is 0.311 e. The van der Waals surface area contributed by atoms with Gasteiger partial charge in [0.05, 0.1) is 5.41 Å². The molecular formula is C31H60N2O4. The zero-order chi connectivity index (χ0) is 29.2. The molecule has 0 fully saturated rings. The Balaban J connectivity index is 5.48. The van der Waals surface area contributed by atoms with E-state index in [1.807, 2.05) is 47.0 Å². The second kappa shape index (κ2) is 14.7. The van der Waals surface area contributed by atoms with Gasteiger partial charge in [-0.15, -0.1) is 0 Å². The van der Waals surface area contributed by atoms with Crippen LogP contribution in [0.1, 0.15) is 108 Å². The lowest BCUT2D eigenvalue weighted by Crippen LogP contribution is -2.50. The van der Waals surface area contributed by atoms with E-state index in [0.717, 1.165) is 25.8 Å². The minimum Gasteiger partial charge on any atom is -0.461 e. The van der Waals surface area contributed by atoms with Crippen LogP contribution in [0.3, 0.4) is 0 Å². The van der Waals surface area contributed by atoms with Gasteiger partial charge in [0.2, 0.25) is 0 Å². The largest absolute Gasteiger partial charge is 0.461 e. The Labute approximate surface area is 229 Å². The quantitative estimate of drug-likeness (QED) is 0.170. The van der Waals surface area contributed by atoms with E-state index in [-0.39, 0.29) is 35.5 Å². The van der Waals surface area contributed by atoms with Gasteiger partial charge < -0.3 is 20.1 Å². The van der Waals surface area contributed by atoms with Gasteiger partial charge in [0.15, 0.2) is 0 Å². The summed E-state index contributed by atoms with van der Waals surface area (Å²) in [5, 5.41) is 0. The fourth-order valence-corrected chi connectivity index (χ4v) is 6.14. The van der Waals surface area contributed by atoms with Gasteiger partial charge in [-0.1, -0.05) is 61.5 Å². The Hall–Kier alpha value is -1.40. The highest BCUT2D eigenvalue weighted by molar-refractivity contribution is 5.76. The Morgan fingerprint density at radius 3 is 1.92 bits per heavy atom. The average molecular weight is 525 g/mol. The fourth-order valence-electron chi connectivity index (χ4n) is 6.14. The minimum atomic E-state index is -0.660. The molecule has 2 atom stereocenters. The van der Waals surface area contributed by atoms with Gasteiger partial charge in [0, 0.05) is 22.8 Å². The summed E-state index contributed by atoms with van der Waals surface area (Å²) >= 11 is 0. The molecule has 218 valence electrons. The van der Waals surface area contributed by atoms with Crippen LogP contribution in [-0.2, 0) is 19.1 Å². The number of esters is 2. The van der Waals surface area contributed by atoms with Gasteiger partial charge in [0.25, 0.3) is 0 Å². The summed E-state index contributed by atoms with van der Waals surface area (Å²) < 4.78 is 11.8. The SMILES string of the molecule is CC(C)CC(C)(C)C(=O)OC/C=C/C(C)(N)CC(C)(C)C(OC(=O)CCCN(C)C)C(C)(C)CC(C)C. The number of carbonyl (C=O) groups excluding carboxylic acids is 2. The molecule has 2 N–H and O–H groups in total. The summed E-state index contributed by atoms with van der Waals surface area (Å²) in [6.07, 6.45) is 6.96. The van der Waals surface area contributed by atoms with E-state index in [0.29, 0.717) is 24.7 Å². The molecule has 0 bridgehead atoms. The molecule has 2 unspecified atom stereocenters. The first-order chi connectivity index (χ1) is 16.6. The molecule has 0 aliphatic rings. The van der Waals surface area contributed by atoms with Gasteiger partial charge in [-0.3, -0.25) is 9.59 Å². The molecule has 0 heterocycles. The Morgan fingerprint density at radius 2 is 1.43 bits per heavy atom. The molecule has 6 heteroatoms. The van der Waals surface area contributed by atoms with Crippen LogP contribution >= 0.6 is 0 Å². The van der Waals surface area contributed by atoms with Crippen LogP contribution in [0.5, 0.6) is 0 Å². The number of hydrogen-bond acceptors (Lipinski definition) is 6. The Morgan fingerprint density at radius 1 is 0.892 bits per heavy atom. The lowest BCUT2D eigenvalue weighted by atomic mass is 9.64. The van der Waals surface area contributed by atoms with Gasteiger partial charge in [-0.05, 0) is 85.0 Å². The summed E-state index contributed by atoms with van der Waals surface area (Å²) in [6, 6.07) is 0. The molecule has 0 spiro atoms. The summed E-state index contributed by atoms with van der Waals surface area (Å²) in [6.45, 7) is 24.1. The fraction of sp³-hybridized carbons (Fsp3) is 0.871. The summed E-state index contributed by atoms with van der Waals surface area (Å²) in [5.41, 5.74) is 4.96. The van der Waals surface area contributed by atoms with E-state index in [1.165, 1.54) is 0 Å². The summed E-state index contributed by atoms with van der Waals surface area (Å²) in [7, 11) is 4.01. The van der Waals surface area contributed by atoms with E-state index in [1.54, 1.807) is 0 Å². The molecule has 0 amide bonds. The molecular weight excluding hydrogens is 464 g/mol. The van der Waals surface area contributed by atoms with Crippen molar-refractivity contribution in [1.29, 1.82) is 0 Å². The molecule has 0 radical (unpaired) electrons. The van der Waals surface area contributed by atoms with Crippen molar-refractivity contribution < 1.29 is 19.1 Å². The zero-order valence-corrected chi connectivity index (χ0v) is 26.5. The molecule has 0 saturated heterocycles. The third kappa shape index (κ3) is 14.4. The molecule has 6 nitrogen and oxygen atoms in total. The van der Waals surface area contributed by atoms with E-state index in [2.05, 4.69) is 60.3 Å². The van der Waals surface area contributed by atoms with E-state index in [9.17, 15) is 9.59 Å². The highest BCUT2D eigenvalue weighted by atomic mass is 16.5. The molecule has 0 aromatic heterocycles. The van der Waals surface area contributed by atoms with Crippen molar-refractivity contribution in [2.24, 2.45) is 33.8 Å². The van der Waals surface area contributed by atoms with Crippen LogP contribution in [-0.4, -0.2) is 55.7 Å². The molecule has 0 aromatic carbocycles. The first-order valence-electron chi connectivity index (χ1n) is 14.1. The van der Waals surface area contributed by atoms with Crippen molar-refractivity contribution >= 4 is 11.9 Å². The molecule has 0 aliphatic heterocycles. The molecule has 0 rings (SSSR count). The number of nitrogens with zero attached hydrogens (tertiary/aromatic N) is 1. The summed E-state index contributed by atoms with van der Waals surface area (Å²) in [4.78, 5) is 27.5. The van der Waals surface area contributed by atoms with Crippen LogP contribution in [0.25, 0.3) is 0 Å². The van der Waals surface area contributed by atoms with E-state index >= 15 is 0 Å². The molecule has 0 aromatic rings. The van der Waals surface area contributed by atoms with Crippen molar-refractivity contribution in [3.05, 3.63) is 12.2 Å². The highest BCUT2D eigenvalue weighted by Gasteiger charge is 2.46. The molecule has 0 aliphatic carbocycles. The van der Waals surface area contributed by atoms with Crippen LogP contribution in [0.4, 0.5) is 0 Å². The third-order valence-electron chi connectivity index (χ3n) is 6.71. The highest BCUT2D eigenvalue weighted by Crippen LogP contribution is 2.44. The van der Waals surface area contributed by atoms with Crippen molar-refractivity contribution in [1.82, 2.24) is 4.90 Å². The smallest absolute Gasteiger partial charge is 0.311 e. The van der Waals surface area contributed by atoms with Crippen LogP contribution in [0.15, 0.2) is 12.2 Å². The van der Waals surface area contributed by atoms with Crippen molar-refractivity contribution in [2.75, 3.05) is 27.2 Å². The average Bonchev–Trinajstić information content (AvgIpc) is 2.65. The number of ether oxygens (including phenoxy) is 2. The third-order valence-corrected chi connectivity index (χ3v) is 6.71. The predicted octanol–water partition coefficient (Wildman–Crippen LogP) is 6.62. The molecule has 37 heavy (non-hydrogen) atoms. The normalized spacial score (nSPS) is 15.9. The minimum absolute atomic E-state index is 0.151. The van der Waals surface area contributed by atoms with Gasteiger partial charge in [-0.25, -0.2) is 0 Å². The van der Waals surface area contributed by atoms with Crippen LogP contribution < -0.4 is 5.73 Å². The Bertz CT molecular complexity index is 733. The van der Waals surface area contributed by atoms with Crippen molar-refractivity contribution in [3.63, 3.8) is 0 Å². The van der Waals surface area contributed by atoms with Crippen molar-refractivity contribution in [3.8, 4) is 0 Å². The topological polar surface area (TPSA) is 81.9 Å². The van der Waals surface area contributed by atoms with Gasteiger partial charge in [-0.2, -0.15) is 0 Å². The maximum atomic E-state index is 12.9. The lowest BCUT2D eigenvalue weighted by Gasteiger charge is -2.46. The number of carbonyl (C=O) groups is 2. The second-order valence-electron chi connectivity index (χ2n) is 14.5. The first-order valence-corrected chi connectivity index (χ1v) is 14.1. The standard InChI is InChI=1S/C31H60N2O4/c1-23(2)20-28(5,6)26(37-25(34)16-14-18-33(12)13)30(9,10)22-31(11,32)17-15-19-36-27(35)29(7,8)21-24(3)4/h15,17,23-24,26H,14,16,18-22,32H2,1-13H3/b17-15+. The second-order valence-corrected chi connectivity index (χ2v) is 14.5. The van der Waals surface area contributed by atoms with Crippen LogP contribution in [0.2, 0.25) is 0 Å². The van der Waals surface area contributed by atoms with Gasteiger partial charge >= 0.3 is 11.9 Å².